The van der Waals surface area contributed by atoms with E-state index in [1.54, 1.807) is 11.0 Å². The Kier molecular flexibility index (Phi) is 5.35. The molecule has 0 atom stereocenters. The van der Waals surface area contributed by atoms with E-state index >= 15 is 0 Å². The summed E-state index contributed by atoms with van der Waals surface area (Å²) in [7, 11) is 1.91. The number of nitrogens with one attached hydrogen (secondary N) is 3. The van der Waals surface area contributed by atoms with Crippen LogP contribution < -0.4 is 10.6 Å². The number of aryl methyl sites for hydroxylation is 1. The van der Waals surface area contributed by atoms with Gasteiger partial charge in [0.15, 0.2) is 0 Å². The summed E-state index contributed by atoms with van der Waals surface area (Å²) in [6.45, 7) is 3.88. The van der Waals surface area contributed by atoms with E-state index in [2.05, 4.69) is 53.8 Å². The molecule has 0 amide bonds. The van der Waals surface area contributed by atoms with Crippen molar-refractivity contribution in [3.8, 4) is 0 Å². The van der Waals surface area contributed by atoms with Crippen molar-refractivity contribution in [2.75, 3.05) is 36.9 Å². The number of morpholine rings is 1. The third-order valence-electron chi connectivity index (χ3n) is 6.98. The van der Waals surface area contributed by atoms with Gasteiger partial charge in [0.05, 0.1) is 30.5 Å². The molecule has 0 unspecified atom stereocenters. The SMILES string of the molecule is Cn1cc(Nc2ccc3[nH]c4ncnc(NC5CCC(N6CCOCC6)CC5)c4c3c2)cn1. The smallest absolute Gasteiger partial charge is 0.143 e. The molecule has 4 aromatic rings. The van der Waals surface area contributed by atoms with E-state index in [4.69, 9.17) is 4.74 Å². The van der Waals surface area contributed by atoms with Crippen molar-refractivity contribution in [1.29, 1.82) is 0 Å². The lowest BCUT2D eigenvalue weighted by molar-refractivity contribution is 0.00791. The third kappa shape index (κ3) is 4.14. The first kappa shape index (κ1) is 20.4. The van der Waals surface area contributed by atoms with E-state index in [-0.39, 0.29) is 0 Å². The number of nitrogens with zero attached hydrogens (tertiary/aromatic N) is 5. The van der Waals surface area contributed by atoms with E-state index in [1.807, 2.05) is 19.4 Å². The van der Waals surface area contributed by atoms with Gasteiger partial charge < -0.3 is 20.4 Å². The van der Waals surface area contributed by atoms with Crippen molar-refractivity contribution in [2.24, 2.45) is 7.05 Å². The predicted molar refractivity (Wildman–Crippen MR) is 130 cm³/mol. The van der Waals surface area contributed by atoms with Crippen molar-refractivity contribution in [1.82, 2.24) is 29.6 Å². The molecule has 1 aromatic carbocycles. The largest absolute Gasteiger partial charge is 0.379 e. The number of hydrogen-bond donors (Lipinski definition) is 3. The van der Waals surface area contributed by atoms with Crippen LogP contribution in [-0.2, 0) is 11.8 Å². The average molecular weight is 447 g/mol. The number of aromatic nitrogens is 5. The zero-order valence-corrected chi connectivity index (χ0v) is 18.9. The average Bonchev–Trinajstić information content (AvgIpc) is 3.43. The highest BCUT2D eigenvalue weighted by Crippen LogP contribution is 2.33. The van der Waals surface area contributed by atoms with E-state index in [9.17, 15) is 0 Å². The number of aromatic amines is 1. The Labute approximate surface area is 192 Å². The van der Waals surface area contributed by atoms with Gasteiger partial charge in [-0.05, 0) is 43.9 Å². The Balaban J connectivity index is 1.23. The van der Waals surface area contributed by atoms with Crippen LogP contribution in [0.3, 0.4) is 0 Å². The van der Waals surface area contributed by atoms with Crippen LogP contribution in [0.15, 0.2) is 36.9 Å². The highest BCUT2D eigenvalue weighted by Gasteiger charge is 2.27. The summed E-state index contributed by atoms with van der Waals surface area (Å²) in [6, 6.07) is 7.43. The van der Waals surface area contributed by atoms with E-state index < -0.39 is 0 Å². The Morgan fingerprint density at radius 3 is 2.70 bits per heavy atom. The maximum Gasteiger partial charge on any atom is 0.143 e. The van der Waals surface area contributed by atoms with Gasteiger partial charge in [0.2, 0.25) is 0 Å². The summed E-state index contributed by atoms with van der Waals surface area (Å²) in [5.41, 5.74) is 3.89. The number of fused-ring (bicyclic) bond motifs is 3. The Bertz CT molecular complexity index is 1250. The highest BCUT2D eigenvalue weighted by atomic mass is 16.5. The Morgan fingerprint density at radius 1 is 1.06 bits per heavy atom. The first-order chi connectivity index (χ1) is 16.2. The molecule has 1 saturated heterocycles. The summed E-state index contributed by atoms with van der Waals surface area (Å²) in [4.78, 5) is 15.2. The fourth-order valence-corrected chi connectivity index (χ4v) is 5.28. The van der Waals surface area contributed by atoms with Crippen LogP contribution in [0.1, 0.15) is 25.7 Å². The van der Waals surface area contributed by atoms with Gasteiger partial charge >= 0.3 is 0 Å². The topological polar surface area (TPSA) is 95.9 Å². The standard InChI is InChI=1S/C24H30N8O/c1-31-14-18(13-27-31)28-17-4-7-21-20(12-17)22-23(25-15-26-24(22)30-21)29-16-2-5-19(6-3-16)32-8-10-33-11-9-32/h4,7,12-16,19,28H,2-3,5-6,8-11H2,1H3,(H2,25,26,29,30). The molecule has 3 aromatic heterocycles. The molecule has 0 radical (unpaired) electrons. The summed E-state index contributed by atoms with van der Waals surface area (Å²) >= 11 is 0. The minimum atomic E-state index is 0.432. The molecule has 1 saturated carbocycles. The number of rotatable bonds is 5. The lowest BCUT2D eigenvalue weighted by Crippen LogP contribution is -2.46. The molecule has 172 valence electrons. The highest BCUT2D eigenvalue weighted by molar-refractivity contribution is 6.12. The maximum atomic E-state index is 5.52. The minimum absolute atomic E-state index is 0.432. The van der Waals surface area contributed by atoms with Crippen LogP contribution in [-0.4, -0.2) is 68.0 Å². The van der Waals surface area contributed by atoms with Crippen LogP contribution in [0.2, 0.25) is 0 Å². The fraction of sp³-hybridized carbons (Fsp3) is 0.458. The first-order valence-electron chi connectivity index (χ1n) is 11.8. The molecular formula is C24H30N8O. The third-order valence-corrected chi connectivity index (χ3v) is 6.98. The molecule has 0 bridgehead atoms. The van der Waals surface area contributed by atoms with Crippen LogP contribution >= 0.6 is 0 Å². The van der Waals surface area contributed by atoms with Crippen molar-refractivity contribution in [3.05, 3.63) is 36.9 Å². The summed E-state index contributed by atoms with van der Waals surface area (Å²) in [6.07, 6.45) is 10.2. The quantitative estimate of drug-likeness (QED) is 0.431. The second-order valence-electron chi connectivity index (χ2n) is 9.16. The molecule has 1 aliphatic carbocycles. The zero-order valence-electron chi connectivity index (χ0n) is 18.9. The van der Waals surface area contributed by atoms with Gasteiger partial charge in [0.1, 0.15) is 17.8 Å². The van der Waals surface area contributed by atoms with E-state index in [1.165, 1.54) is 12.8 Å². The maximum absolute atomic E-state index is 5.52. The fourth-order valence-electron chi connectivity index (χ4n) is 5.28. The molecule has 0 spiro atoms. The molecule has 2 aliphatic rings. The molecule has 1 aliphatic heterocycles. The van der Waals surface area contributed by atoms with Gasteiger partial charge in [-0.3, -0.25) is 9.58 Å². The normalized spacial score (nSPS) is 22.1. The molecule has 6 rings (SSSR count). The molecule has 2 fully saturated rings. The van der Waals surface area contributed by atoms with Crippen molar-refractivity contribution < 1.29 is 4.74 Å². The molecule has 9 nitrogen and oxygen atoms in total. The number of hydrogen-bond acceptors (Lipinski definition) is 7. The monoisotopic (exact) mass is 446 g/mol. The van der Waals surface area contributed by atoms with Gasteiger partial charge in [-0.25, -0.2) is 9.97 Å². The molecule has 9 heteroatoms. The van der Waals surface area contributed by atoms with Crippen molar-refractivity contribution in [2.45, 2.75) is 37.8 Å². The van der Waals surface area contributed by atoms with Crippen LogP contribution in [0.4, 0.5) is 17.2 Å². The number of H-pyrrole nitrogens is 1. The van der Waals surface area contributed by atoms with Gasteiger partial charge in [0.25, 0.3) is 0 Å². The number of ether oxygens (including phenoxy) is 1. The summed E-state index contributed by atoms with van der Waals surface area (Å²) in [5, 5.41) is 13.6. The molecule has 33 heavy (non-hydrogen) atoms. The van der Waals surface area contributed by atoms with Crippen LogP contribution in [0.5, 0.6) is 0 Å². The number of anilines is 3. The second kappa shape index (κ2) is 8.64. The van der Waals surface area contributed by atoms with Crippen molar-refractivity contribution >= 4 is 39.1 Å². The van der Waals surface area contributed by atoms with Gasteiger partial charge in [-0.2, -0.15) is 5.10 Å². The predicted octanol–water partition coefficient (Wildman–Crippen LogP) is 3.64. The van der Waals surface area contributed by atoms with Crippen LogP contribution in [0.25, 0.3) is 21.9 Å². The number of benzene rings is 1. The lowest BCUT2D eigenvalue weighted by atomic mass is 9.90. The Morgan fingerprint density at radius 2 is 1.91 bits per heavy atom. The van der Waals surface area contributed by atoms with Gasteiger partial charge in [0, 0.05) is 55.0 Å². The van der Waals surface area contributed by atoms with E-state index in [0.717, 1.165) is 78.3 Å². The second-order valence-corrected chi connectivity index (χ2v) is 9.16. The van der Waals surface area contributed by atoms with E-state index in [0.29, 0.717) is 12.1 Å². The molecular weight excluding hydrogens is 416 g/mol. The lowest BCUT2D eigenvalue weighted by Gasteiger charge is -2.39. The summed E-state index contributed by atoms with van der Waals surface area (Å²) in [5.74, 6) is 0.916. The van der Waals surface area contributed by atoms with Gasteiger partial charge in [-0.15, -0.1) is 0 Å². The summed E-state index contributed by atoms with van der Waals surface area (Å²) < 4.78 is 7.31. The van der Waals surface area contributed by atoms with Crippen LogP contribution in [0, 0.1) is 0 Å². The Hall–Kier alpha value is -3.17. The van der Waals surface area contributed by atoms with Crippen molar-refractivity contribution in [3.63, 3.8) is 0 Å². The van der Waals surface area contributed by atoms with Gasteiger partial charge in [-0.1, -0.05) is 0 Å². The zero-order chi connectivity index (χ0) is 22.2. The molecule has 3 N–H and O–H groups in total. The minimum Gasteiger partial charge on any atom is -0.379 e. The first-order valence-corrected chi connectivity index (χ1v) is 11.8. The molecule has 4 heterocycles.